The van der Waals surface area contributed by atoms with Gasteiger partial charge in [-0.15, -0.1) is 0 Å². The molecule has 0 atom stereocenters. The van der Waals surface area contributed by atoms with Crippen molar-refractivity contribution in [3.8, 4) is 0 Å². The minimum atomic E-state index is 0.567. The summed E-state index contributed by atoms with van der Waals surface area (Å²) in [5.41, 5.74) is 3.52. The van der Waals surface area contributed by atoms with Gasteiger partial charge in [-0.1, -0.05) is 41.4 Å². The van der Waals surface area contributed by atoms with Gasteiger partial charge in [-0.25, -0.2) is 0 Å². The Morgan fingerprint density at radius 3 is 2.62 bits per heavy atom. The minimum absolute atomic E-state index is 0.567. The van der Waals surface area contributed by atoms with Gasteiger partial charge < -0.3 is 9.88 Å². The Balaban J connectivity index is 1.86. The topological polar surface area (TPSA) is 17.0 Å². The number of para-hydroxylation sites is 1. The first-order valence-electron chi connectivity index (χ1n) is 6.94. The number of aromatic nitrogens is 1. The summed E-state index contributed by atoms with van der Waals surface area (Å²) in [5, 5.41) is 5.83. The van der Waals surface area contributed by atoms with Gasteiger partial charge in [0.15, 0.2) is 0 Å². The molecule has 2 nitrogen and oxygen atoms in total. The van der Waals surface area contributed by atoms with Crippen LogP contribution in [-0.4, -0.2) is 4.57 Å². The van der Waals surface area contributed by atoms with E-state index in [1.165, 1.54) is 16.5 Å². The fraction of sp³-hybridized carbons (Fsp3) is 0.176. The molecule has 0 spiro atoms. The van der Waals surface area contributed by atoms with Crippen LogP contribution in [-0.2, 0) is 13.1 Å². The normalized spacial score (nSPS) is 11.0. The van der Waals surface area contributed by atoms with Crippen molar-refractivity contribution in [1.82, 2.24) is 4.57 Å². The zero-order valence-corrected chi connectivity index (χ0v) is 13.2. The standard InChI is InChI=1S/C17H16Cl2N2/c1-2-21-11-12(14-5-3-4-6-17(14)21)10-20-13-7-8-15(18)16(19)9-13/h3-9,11,20H,2,10H2,1H3. The van der Waals surface area contributed by atoms with E-state index in [-0.39, 0.29) is 0 Å². The lowest BCUT2D eigenvalue weighted by molar-refractivity contribution is 0.793. The van der Waals surface area contributed by atoms with Gasteiger partial charge in [0.2, 0.25) is 0 Å². The monoisotopic (exact) mass is 318 g/mol. The Labute approximate surface area is 134 Å². The average molecular weight is 319 g/mol. The lowest BCUT2D eigenvalue weighted by atomic mass is 10.2. The predicted octanol–water partition coefficient (Wildman–Crippen LogP) is 5.58. The van der Waals surface area contributed by atoms with Crippen LogP contribution in [0.4, 0.5) is 5.69 Å². The molecule has 3 aromatic rings. The number of anilines is 1. The van der Waals surface area contributed by atoms with Crippen molar-refractivity contribution in [3.05, 3.63) is 64.3 Å². The zero-order valence-electron chi connectivity index (χ0n) is 11.7. The molecule has 1 aromatic heterocycles. The molecule has 0 aliphatic rings. The van der Waals surface area contributed by atoms with Crippen molar-refractivity contribution in [2.45, 2.75) is 20.0 Å². The molecular formula is C17H16Cl2N2. The molecule has 108 valence electrons. The number of halogens is 2. The number of rotatable bonds is 4. The van der Waals surface area contributed by atoms with Crippen molar-refractivity contribution in [2.75, 3.05) is 5.32 Å². The second kappa shape index (κ2) is 6.00. The van der Waals surface area contributed by atoms with Gasteiger partial charge in [0.05, 0.1) is 10.0 Å². The Morgan fingerprint density at radius 2 is 1.86 bits per heavy atom. The van der Waals surface area contributed by atoms with Gasteiger partial charge in [-0.3, -0.25) is 0 Å². The second-order valence-corrected chi connectivity index (χ2v) is 5.75. The van der Waals surface area contributed by atoms with Gasteiger partial charge in [-0.05, 0) is 36.8 Å². The molecule has 0 amide bonds. The van der Waals surface area contributed by atoms with Gasteiger partial charge >= 0.3 is 0 Å². The predicted molar refractivity (Wildman–Crippen MR) is 91.4 cm³/mol. The highest BCUT2D eigenvalue weighted by Gasteiger charge is 2.07. The Bertz CT molecular complexity index is 778. The van der Waals surface area contributed by atoms with Crippen molar-refractivity contribution >= 4 is 39.8 Å². The van der Waals surface area contributed by atoms with Crippen LogP contribution in [0.1, 0.15) is 12.5 Å². The molecule has 0 radical (unpaired) electrons. The number of hydrogen-bond acceptors (Lipinski definition) is 1. The molecule has 0 unspecified atom stereocenters. The summed E-state index contributed by atoms with van der Waals surface area (Å²) < 4.78 is 2.27. The molecule has 3 rings (SSSR count). The summed E-state index contributed by atoms with van der Waals surface area (Å²) in [4.78, 5) is 0. The van der Waals surface area contributed by atoms with Crippen LogP contribution in [0.15, 0.2) is 48.7 Å². The molecule has 0 aliphatic carbocycles. The lowest BCUT2D eigenvalue weighted by Crippen LogP contribution is -1.98. The van der Waals surface area contributed by atoms with E-state index in [2.05, 4.69) is 47.3 Å². The molecule has 4 heteroatoms. The molecule has 21 heavy (non-hydrogen) atoms. The summed E-state index contributed by atoms with van der Waals surface area (Å²) in [6.45, 7) is 3.88. The van der Waals surface area contributed by atoms with Crippen molar-refractivity contribution in [1.29, 1.82) is 0 Å². The van der Waals surface area contributed by atoms with E-state index in [1.807, 2.05) is 18.2 Å². The van der Waals surface area contributed by atoms with Crippen LogP contribution in [0.25, 0.3) is 10.9 Å². The van der Waals surface area contributed by atoms with Gasteiger partial charge in [0.1, 0.15) is 0 Å². The summed E-state index contributed by atoms with van der Waals surface area (Å²) in [6, 6.07) is 14.1. The maximum Gasteiger partial charge on any atom is 0.0612 e. The van der Waals surface area contributed by atoms with Crippen LogP contribution >= 0.6 is 23.2 Å². The Morgan fingerprint density at radius 1 is 1.05 bits per heavy atom. The molecule has 0 saturated heterocycles. The first kappa shape index (κ1) is 14.3. The molecule has 0 fully saturated rings. The van der Waals surface area contributed by atoms with E-state index in [0.29, 0.717) is 10.0 Å². The molecule has 0 aliphatic heterocycles. The maximum atomic E-state index is 6.04. The number of nitrogens with zero attached hydrogens (tertiary/aromatic N) is 1. The van der Waals surface area contributed by atoms with E-state index in [1.54, 1.807) is 0 Å². The van der Waals surface area contributed by atoms with E-state index in [9.17, 15) is 0 Å². The average Bonchev–Trinajstić information content (AvgIpc) is 2.87. The number of hydrogen-bond donors (Lipinski definition) is 1. The van der Waals surface area contributed by atoms with Crippen LogP contribution in [0.5, 0.6) is 0 Å². The molecule has 1 heterocycles. The first-order valence-corrected chi connectivity index (χ1v) is 7.70. The summed E-state index contributed by atoms with van der Waals surface area (Å²) in [6.07, 6.45) is 2.20. The summed E-state index contributed by atoms with van der Waals surface area (Å²) in [7, 11) is 0. The minimum Gasteiger partial charge on any atom is -0.381 e. The van der Waals surface area contributed by atoms with Crippen molar-refractivity contribution < 1.29 is 0 Å². The van der Waals surface area contributed by atoms with Crippen LogP contribution in [0.3, 0.4) is 0 Å². The molecule has 1 N–H and O–H groups in total. The third-order valence-corrected chi connectivity index (χ3v) is 4.35. The van der Waals surface area contributed by atoms with Crippen molar-refractivity contribution in [2.24, 2.45) is 0 Å². The van der Waals surface area contributed by atoms with E-state index in [0.717, 1.165) is 18.8 Å². The van der Waals surface area contributed by atoms with Gasteiger partial charge in [-0.2, -0.15) is 0 Å². The first-order chi connectivity index (χ1) is 10.2. The smallest absolute Gasteiger partial charge is 0.0612 e. The summed E-state index contributed by atoms with van der Waals surface area (Å²) >= 11 is 12.0. The van der Waals surface area contributed by atoms with E-state index < -0.39 is 0 Å². The number of aryl methyl sites for hydroxylation is 1. The van der Waals surface area contributed by atoms with E-state index in [4.69, 9.17) is 23.2 Å². The molecule has 0 bridgehead atoms. The zero-order chi connectivity index (χ0) is 14.8. The largest absolute Gasteiger partial charge is 0.381 e. The highest BCUT2D eigenvalue weighted by Crippen LogP contribution is 2.26. The van der Waals surface area contributed by atoms with Crippen LogP contribution in [0, 0.1) is 0 Å². The fourth-order valence-corrected chi connectivity index (χ4v) is 2.83. The lowest BCUT2D eigenvalue weighted by Gasteiger charge is -2.06. The number of nitrogens with one attached hydrogen (secondary N) is 1. The second-order valence-electron chi connectivity index (χ2n) is 4.94. The van der Waals surface area contributed by atoms with Crippen LogP contribution in [0.2, 0.25) is 10.0 Å². The van der Waals surface area contributed by atoms with Crippen LogP contribution < -0.4 is 5.32 Å². The van der Waals surface area contributed by atoms with Gasteiger partial charge in [0, 0.05) is 35.9 Å². The summed E-state index contributed by atoms with van der Waals surface area (Å²) in [5.74, 6) is 0. The fourth-order valence-electron chi connectivity index (χ4n) is 2.53. The highest BCUT2D eigenvalue weighted by molar-refractivity contribution is 6.42. The SMILES string of the molecule is CCn1cc(CNc2ccc(Cl)c(Cl)c2)c2ccccc21. The van der Waals surface area contributed by atoms with Gasteiger partial charge in [0.25, 0.3) is 0 Å². The number of fused-ring (bicyclic) bond motifs is 1. The number of benzene rings is 2. The quantitative estimate of drug-likeness (QED) is 0.664. The molecule has 0 saturated carbocycles. The maximum absolute atomic E-state index is 6.04. The third-order valence-electron chi connectivity index (χ3n) is 3.61. The molecular weight excluding hydrogens is 303 g/mol. The van der Waals surface area contributed by atoms with E-state index >= 15 is 0 Å². The highest BCUT2D eigenvalue weighted by atomic mass is 35.5. The molecule has 2 aromatic carbocycles. The Kier molecular flexibility index (Phi) is 4.09. The van der Waals surface area contributed by atoms with Crippen molar-refractivity contribution in [3.63, 3.8) is 0 Å². The third kappa shape index (κ3) is 2.87. The Hall–Kier alpha value is -1.64.